The minimum absolute atomic E-state index is 0.284. The van der Waals surface area contributed by atoms with Crippen molar-refractivity contribution in [2.24, 2.45) is 0 Å². The number of hydrogen-bond acceptors (Lipinski definition) is 1. The monoisotopic (exact) mass is 266 g/mol. The van der Waals surface area contributed by atoms with Crippen LogP contribution in [0.2, 0.25) is 0 Å². The molecule has 1 heterocycles. The van der Waals surface area contributed by atoms with Crippen LogP contribution in [-0.2, 0) is 10.2 Å². The molecular weight excluding hydrogens is 253 g/mol. The summed E-state index contributed by atoms with van der Waals surface area (Å²) in [5, 5.41) is 1.79. The molecule has 19 heavy (non-hydrogen) atoms. The van der Waals surface area contributed by atoms with Crippen LogP contribution in [0.15, 0.2) is 36.4 Å². The molecule has 1 aliphatic rings. The number of alkyl halides is 3. The van der Waals surface area contributed by atoms with Crippen LogP contribution >= 0.6 is 0 Å². The quantitative estimate of drug-likeness (QED) is 0.758. The number of fused-ring (bicyclic) bond motifs is 1. The fraction of sp³-hybridized carbons (Fsp3) is 0.333. The van der Waals surface area contributed by atoms with E-state index in [4.69, 9.17) is 4.74 Å². The van der Waals surface area contributed by atoms with Crippen LogP contribution in [-0.4, -0.2) is 19.4 Å². The summed E-state index contributed by atoms with van der Waals surface area (Å²) in [5.74, 6) is 0. The molecule has 2 aromatic carbocycles. The Kier molecular flexibility index (Phi) is 2.61. The first-order valence-electron chi connectivity index (χ1n) is 6.08. The van der Waals surface area contributed by atoms with Gasteiger partial charge in [-0.3, -0.25) is 0 Å². The largest absolute Gasteiger partial charge is 0.402 e. The minimum atomic E-state index is -4.27. The molecule has 0 bridgehead atoms. The van der Waals surface area contributed by atoms with Gasteiger partial charge in [-0.1, -0.05) is 42.0 Å². The van der Waals surface area contributed by atoms with E-state index in [1.165, 1.54) is 0 Å². The van der Waals surface area contributed by atoms with Crippen LogP contribution in [0.1, 0.15) is 11.1 Å². The summed E-state index contributed by atoms with van der Waals surface area (Å²) in [4.78, 5) is 0. The van der Waals surface area contributed by atoms with E-state index in [1.54, 1.807) is 18.2 Å². The van der Waals surface area contributed by atoms with Gasteiger partial charge in [-0.05, 0) is 23.3 Å². The lowest BCUT2D eigenvalue weighted by Crippen LogP contribution is -2.57. The van der Waals surface area contributed by atoms with E-state index in [2.05, 4.69) is 0 Å². The molecular formula is C15H13F3O. The molecule has 100 valence electrons. The summed E-state index contributed by atoms with van der Waals surface area (Å²) in [5.41, 5.74) is -0.438. The van der Waals surface area contributed by atoms with Crippen LogP contribution in [0.5, 0.6) is 0 Å². The average Bonchev–Trinajstić information content (AvgIpc) is 2.25. The Balaban J connectivity index is 2.13. The maximum absolute atomic E-state index is 13.2. The zero-order valence-electron chi connectivity index (χ0n) is 10.4. The zero-order chi connectivity index (χ0) is 13.7. The fourth-order valence-corrected chi connectivity index (χ4v) is 2.46. The lowest BCUT2D eigenvalue weighted by molar-refractivity contribution is -0.262. The molecule has 0 aliphatic carbocycles. The maximum Gasteiger partial charge on any atom is 0.402 e. The van der Waals surface area contributed by atoms with E-state index in [0.29, 0.717) is 5.56 Å². The Labute approximate surface area is 109 Å². The van der Waals surface area contributed by atoms with Crippen molar-refractivity contribution in [2.75, 3.05) is 13.2 Å². The molecule has 3 rings (SSSR count). The van der Waals surface area contributed by atoms with Crippen LogP contribution in [0.3, 0.4) is 0 Å². The number of rotatable bonds is 1. The Morgan fingerprint density at radius 2 is 1.63 bits per heavy atom. The zero-order valence-corrected chi connectivity index (χ0v) is 10.4. The first kappa shape index (κ1) is 12.5. The normalized spacial score (nSPS) is 18.3. The topological polar surface area (TPSA) is 9.23 Å². The summed E-state index contributed by atoms with van der Waals surface area (Å²) < 4.78 is 44.5. The van der Waals surface area contributed by atoms with Crippen molar-refractivity contribution >= 4 is 10.8 Å². The molecule has 0 saturated carbocycles. The van der Waals surface area contributed by atoms with Crippen LogP contribution in [0.25, 0.3) is 10.8 Å². The summed E-state index contributed by atoms with van der Waals surface area (Å²) >= 11 is 0. The number of benzene rings is 2. The summed E-state index contributed by atoms with van der Waals surface area (Å²) in [6, 6.07) is 10.7. The highest BCUT2D eigenvalue weighted by molar-refractivity contribution is 5.84. The Morgan fingerprint density at radius 3 is 2.21 bits per heavy atom. The molecule has 0 spiro atoms. The summed E-state index contributed by atoms with van der Waals surface area (Å²) in [7, 11) is 0. The Bertz CT molecular complexity index is 627. The highest BCUT2D eigenvalue weighted by Crippen LogP contribution is 2.46. The van der Waals surface area contributed by atoms with E-state index in [9.17, 15) is 13.2 Å². The summed E-state index contributed by atoms with van der Waals surface area (Å²) in [6.45, 7) is 1.39. The van der Waals surface area contributed by atoms with Gasteiger partial charge in [0.25, 0.3) is 0 Å². The molecule has 2 aromatic rings. The lowest BCUT2D eigenvalue weighted by Gasteiger charge is -2.43. The number of aryl methyl sites for hydroxylation is 1. The molecule has 1 fully saturated rings. The number of ether oxygens (including phenoxy) is 1. The number of halogens is 3. The van der Waals surface area contributed by atoms with Gasteiger partial charge in [0, 0.05) is 0 Å². The average molecular weight is 266 g/mol. The lowest BCUT2D eigenvalue weighted by atomic mass is 9.77. The molecule has 0 aromatic heterocycles. The van der Waals surface area contributed by atoms with Gasteiger partial charge in [0.2, 0.25) is 0 Å². The van der Waals surface area contributed by atoms with Crippen LogP contribution in [0, 0.1) is 6.92 Å². The van der Waals surface area contributed by atoms with E-state index >= 15 is 0 Å². The van der Waals surface area contributed by atoms with Crippen molar-refractivity contribution in [2.45, 2.75) is 18.5 Å². The van der Waals surface area contributed by atoms with Gasteiger partial charge >= 0.3 is 6.18 Å². The number of hydrogen-bond donors (Lipinski definition) is 0. The predicted molar refractivity (Wildman–Crippen MR) is 67.2 cm³/mol. The Morgan fingerprint density at radius 1 is 1.00 bits per heavy atom. The van der Waals surface area contributed by atoms with Gasteiger partial charge < -0.3 is 4.74 Å². The van der Waals surface area contributed by atoms with Crippen molar-refractivity contribution in [1.82, 2.24) is 0 Å². The van der Waals surface area contributed by atoms with E-state index in [0.717, 1.165) is 16.3 Å². The van der Waals surface area contributed by atoms with Crippen molar-refractivity contribution in [3.63, 3.8) is 0 Å². The smallest absolute Gasteiger partial charge is 0.379 e. The highest BCUT2D eigenvalue weighted by atomic mass is 19.4. The molecule has 0 atom stereocenters. The second-order valence-corrected chi connectivity index (χ2v) is 5.14. The molecule has 0 radical (unpaired) electrons. The highest BCUT2D eigenvalue weighted by Gasteiger charge is 2.61. The molecule has 1 saturated heterocycles. The van der Waals surface area contributed by atoms with Gasteiger partial charge in [-0.15, -0.1) is 0 Å². The van der Waals surface area contributed by atoms with Crippen molar-refractivity contribution in [3.8, 4) is 0 Å². The van der Waals surface area contributed by atoms with E-state index in [1.807, 2.05) is 25.1 Å². The third-order valence-electron chi connectivity index (χ3n) is 3.79. The molecule has 0 amide bonds. The van der Waals surface area contributed by atoms with E-state index in [-0.39, 0.29) is 13.2 Å². The predicted octanol–water partition coefficient (Wildman–Crippen LogP) is 3.98. The fourth-order valence-electron chi connectivity index (χ4n) is 2.46. The third-order valence-corrected chi connectivity index (χ3v) is 3.79. The van der Waals surface area contributed by atoms with Crippen LogP contribution < -0.4 is 0 Å². The molecule has 1 nitrogen and oxygen atoms in total. The van der Waals surface area contributed by atoms with Crippen LogP contribution in [0.4, 0.5) is 13.2 Å². The minimum Gasteiger partial charge on any atom is -0.379 e. The van der Waals surface area contributed by atoms with Gasteiger partial charge in [0.15, 0.2) is 0 Å². The summed E-state index contributed by atoms with van der Waals surface area (Å²) in [6.07, 6.45) is -4.27. The van der Waals surface area contributed by atoms with Gasteiger partial charge in [-0.2, -0.15) is 13.2 Å². The van der Waals surface area contributed by atoms with E-state index < -0.39 is 11.6 Å². The second kappa shape index (κ2) is 3.97. The first-order valence-corrected chi connectivity index (χ1v) is 6.08. The van der Waals surface area contributed by atoms with Crippen molar-refractivity contribution < 1.29 is 17.9 Å². The molecule has 4 heteroatoms. The van der Waals surface area contributed by atoms with Crippen molar-refractivity contribution in [1.29, 1.82) is 0 Å². The van der Waals surface area contributed by atoms with Gasteiger partial charge in [0.05, 0.1) is 13.2 Å². The van der Waals surface area contributed by atoms with Gasteiger partial charge in [-0.25, -0.2) is 0 Å². The first-order chi connectivity index (χ1) is 8.92. The standard InChI is InChI=1S/C15H13F3O/c1-10-2-3-12-7-13(5-4-11(12)6-10)14(8-19-9-14)15(16,17)18/h2-7H,8-9H2,1H3. The van der Waals surface area contributed by atoms with Crippen molar-refractivity contribution in [3.05, 3.63) is 47.5 Å². The molecule has 0 unspecified atom stereocenters. The maximum atomic E-state index is 13.2. The second-order valence-electron chi connectivity index (χ2n) is 5.14. The third kappa shape index (κ3) is 1.82. The van der Waals surface area contributed by atoms with Gasteiger partial charge in [0.1, 0.15) is 5.41 Å². The SMILES string of the molecule is Cc1ccc2cc(C3(C(F)(F)F)COC3)ccc2c1. The molecule has 1 aliphatic heterocycles. The Hall–Kier alpha value is -1.55. The molecule has 0 N–H and O–H groups in total.